The minimum atomic E-state index is -0.355. The molecule has 0 atom stereocenters. The Balaban J connectivity index is 1.64. The van der Waals surface area contributed by atoms with Crippen LogP contribution in [0.4, 0.5) is 5.69 Å². The number of carbonyl (C=O) groups excluding carboxylic acids is 1. The van der Waals surface area contributed by atoms with Gasteiger partial charge in [0.1, 0.15) is 29.5 Å². The van der Waals surface area contributed by atoms with E-state index in [9.17, 15) is 4.79 Å². The molecule has 6 heteroatoms. The van der Waals surface area contributed by atoms with Gasteiger partial charge in [-0.2, -0.15) is 0 Å². The Hall–Kier alpha value is -3.02. The molecule has 0 unspecified atom stereocenters. The Morgan fingerprint density at radius 3 is 2.48 bits per heavy atom. The van der Waals surface area contributed by atoms with Crippen molar-refractivity contribution >= 4 is 11.6 Å². The predicted octanol–water partition coefficient (Wildman–Crippen LogP) is 4.33. The highest BCUT2D eigenvalue weighted by Crippen LogP contribution is 2.21. The van der Waals surface area contributed by atoms with Crippen LogP contribution in [0.15, 0.2) is 39.3 Å². The molecule has 25 heavy (non-hydrogen) atoms. The van der Waals surface area contributed by atoms with Crippen LogP contribution < -0.4 is 10.1 Å². The molecule has 6 nitrogen and oxygen atoms in total. The minimum Gasteiger partial charge on any atom is -0.486 e. The molecule has 1 amide bonds. The lowest BCUT2D eigenvalue weighted by Gasteiger charge is -2.06. The van der Waals surface area contributed by atoms with Gasteiger partial charge in [0.2, 0.25) is 0 Å². The van der Waals surface area contributed by atoms with Gasteiger partial charge in [0.25, 0.3) is 5.91 Å². The lowest BCUT2D eigenvalue weighted by molar-refractivity contribution is 0.0992. The van der Waals surface area contributed by atoms with E-state index in [1.807, 2.05) is 26.0 Å². The van der Waals surface area contributed by atoms with Gasteiger partial charge < -0.3 is 19.0 Å². The first-order chi connectivity index (χ1) is 11.9. The number of aryl methyl sites for hydroxylation is 4. The van der Waals surface area contributed by atoms with Crippen molar-refractivity contribution in [2.75, 3.05) is 5.32 Å². The molecule has 0 fully saturated rings. The Labute approximate surface area is 145 Å². The van der Waals surface area contributed by atoms with Crippen molar-refractivity contribution in [2.45, 2.75) is 34.3 Å². The van der Waals surface area contributed by atoms with Gasteiger partial charge in [-0.25, -0.2) is 0 Å². The van der Waals surface area contributed by atoms with Crippen molar-refractivity contribution < 1.29 is 18.5 Å². The van der Waals surface area contributed by atoms with Crippen LogP contribution in [0, 0.1) is 27.7 Å². The molecule has 0 aliphatic carbocycles. The molecular formula is C19H20N2O4. The maximum atomic E-state index is 12.3. The number of ether oxygens (including phenoxy) is 1. The summed E-state index contributed by atoms with van der Waals surface area (Å²) in [6, 6.07) is 9.34. The van der Waals surface area contributed by atoms with E-state index in [0.29, 0.717) is 22.9 Å². The van der Waals surface area contributed by atoms with Crippen LogP contribution in [-0.4, -0.2) is 11.1 Å². The monoisotopic (exact) mass is 340 g/mol. The van der Waals surface area contributed by atoms with E-state index < -0.39 is 0 Å². The Morgan fingerprint density at radius 2 is 1.84 bits per heavy atom. The number of furan rings is 1. The van der Waals surface area contributed by atoms with Gasteiger partial charge in [0.15, 0.2) is 11.5 Å². The van der Waals surface area contributed by atoms with Crippen LogP contribution in [0.25, 0.3) is 0 Å². The van der Waals surface area contributed by atoms with Crippen LogP contribution in [0.1, 0.15) is 38.9 Å². The Kier molecular flexibility index (Phi) is 4.61. The third kappa shape index (κ3) is 3.91. The zero-order valence-corrected chi connectivity index (χ0v) is 14.7. The van der Waals surface area contributed by atoms with Crippen LogP contribution in [0.2, 0.25) is 0 Å². The van der Waals surface area contributed by atoms with Gasteiger partial charge in [0.05, 0.1) is 0 Å². The molecule has 3 rings (SSSR count). The summed E-state index contributed by atoms with van der Waals surface area (Å²) in [5.41, 5.74) is 3.45. The third-order valence-corrected chi connectivity index (χ3v) is 3.73. The number of aromatic nitrogens is 1. The number of carbonyl (C=O) groups is 1. The largest absolute Gasteiger partial charge is 0.486 e. The first-order valence-electron chi connectivity index (χ1n) is 7.96. The molecule has 3 aromatic rings. The van der Waals surface area contributed by atoms with E-state index in [2.05, 4.69) is 16.5 Å². The topological polar surface area (TPSA) is 77.5 Å². The number of nitrogens with zero attached hydrogens (tertiary/aromatic N) is 1. The molecule has 1 aromatic carbocycles. The van der Waals surface area contributed by atoms with Crippen LogP contribution >= 0.6 is 0 Å². The van der Waals surface area contributed by atoms with Gasteiger partial charge in [-0.3, -0.25) is 4.79 Å². The second-order valence-corrected chi connectivity index (χ2v) is 6.03. The number of rotatable bonds is 5. The Morgan fingerprint density at radius 1 is 1.12 bits per heavy atom. The molecule has 0 saturated heterocycles. The fraction of sp³-hybridized carbons (Fsp3) is 0.263. The highest BCUT2D eigenvalue weighted by molar-refractivity contribution is 6.02. The summed E-state index contributed by atoms with van der Waals surface area (Å²) in [6.07, 6.45) is 0. The summed E-state index contributed by atoms with van der Waals surface area (Å²) in [5.74, 6) is 1.75. The smallest absolute Gasteiger partial charge is 0.291 e. The number of benzene rings is 1. The highest BCUT2D eigenvalue weighted by Gasteiger charge is 2.16. The van der Waals surface area contributed by atoms with Crippen molar-refractivity contribution in [1.29, 1.82) is 0 Å². The lowest BCUT2D eigenvalue weighted by Crippen LogP contribution is -2.12. The number of nitrogens with one attached hydrogen (secondary N) is 1. The molecule has 0 bridgehead atoms. The molecule has 0 aliphatic heterocycles. The average molecular weight is 340 g/mol. The van der Waals surface area contributed by atoms with Gasteiger partial charge in [0, 0.05) is 0 Å². The van der Waals surface area contributed by atoms with E-state index in [-0.39, 0.29) is 18.3 Å². The molecule has 2 heterocycles. The van der Waals surface area contributed by atoms with Crippen molar-refractivity contribution in [3.05, 3.63) is 64.4 Å². The fourth-order valence-electron chi connectivity index (χ4n) is 2.58. The summed E-state index contributed by atoms with van der Waals surface area (Å²) in [6.45, 7) is 7.79. The summed E-state index contributed by atoms with van der Waals surface area (Å²) >= 11 is 0. The molecule has 0 saturated carbocycles. The Bertz CT molecular complexity index is 868. The number of hydrogen-bond donors (Lipinski definition) is 1. The quantitative estimate of drug-likeness (QED) is 0.748. The number of hydrogen-bond acceptors (Lipinski definition) is 5. The first-order valence-corrected chi connectivity index (χ1v) is 7.96. The molecule has 0 spiro atoms. The average Bonchev–Trinajstić information content (AvgIpc) is 3.14. The van der Waals surface area contributed by atoms with Crippen molar-refractivity contribution in [3.63, 3.8) is 0 Å². The predicted molar refractivity (Wildman–Crippen MR) is 92.9 cm³/mol. The van der Waals surface area contributed by atoms with Gasteiger partial charge in [-0.15, -0.1) is 0 Å². The molecule has 130 valence electrons. The fourth-order valence-corrected chi connectivity index (χ4v) is 2.58. The van der Waals surface area contributed by atoms with Gasteiger partial charge in [-0.05, 0) is 63.1 Å². The zero-order valence-electron chi connectivity index (χ0n) is 14.7. The minimum absolute atomic E-state index is 0.207. The van der Waals surface area contributed by atoms with E-state index in [0.717, 1.165) is 16.9 Å². The third-order valence-electron chi connectivity index (χ3n) is 3.73. The van der Waals surface area contributed by atoms with Gasteiger partial charge in [-0.1, -0.05) is 11.2 Å². The summed E-state index contributed by atoms with van der Waals surface area (Å²) in [4.78, 5) is 12.3. The van der Waals surface area contributed by atoms with Crippen LogP contribution in [0.3, 0.4) is 0 Å². The second kappa shape index (κ2) is 6.84. The molecule has 2 aromatic heterocycles. The van der Waals surface area contributed by atoms with Crippen molar-refractivity contribution in [1.82, 2.24) is 5.16 Å². The maximum Gasteiger partial charge on any atom is 0.291 e. The summed E-state index contributed by atoms with van der Waals surface area (Å²) < 4.78 is 16.3. The van der Waals surface area contributed by atoms with Gasteiger partial charge >= 0.3 is 0 Å². The van der Waals surface area contributed by atoms with E-state index in [1.54, 1.807) is 26.0 Å². The SMILES string of the molecule is Cc1cc(C)cc(OCc2ccc(C(=O)Nc3c(C)noc3C)o2)c1. The molecular weight excluding hydrogens is 320 g/mol. The van der Waals surface area contributed by atoms with Crippen LogP contribution in [0.5, 0.6) is 5.75 Å². The zero-order chi connectivity index (χ0) is 18.0. The summed E-state index contributed by atoms with van der Waals surface area (Å²) in [7, 11) is 0. The highest BCUT2D eigenvalue weighted by atomic mass is 16.5. The second-order valence-electron chi connectivity index (χ2n) is 6.03. The van der Waals surface area contributed by atoms with Crippen molar-refractivity contribution in [3.8, 4) is 5.75 Å². The van der Waals surface area contributed by atoms with E-state index in [4.69, 9.17) is 13.7 Å². The number of amides is 1. The molecule has 1 N–H and O–H groups in total. The van der Waals surface area contributed by atoms with E-state index in [1.165, 1.54) is 0 Å². The molecule has 0 radical (unpaired) electrons. The molecule has 0 aliphatic rings. The number of anilines is 1. The standard InChI is InChI=1S/C19H20N2O4/c1-11-7-12(2)9-16(8-11)23-10-15-5-6-17(24-15)19(22)20-18-13(3)21-25-14(18)4/h5-9H,10H2,1-4H3,(H,20,22). The normalized spacial score (nSPS) is 10.7. The van der Waals surface area contributed by atoms with E-state index >= 15 is 0 Å². The first kappa shape index (κ1) is 16.8. The van der Waals surface area contributed by atoms with Crippen molar-refractivity contribution in [2.24, 2.45) is 0 Å². The summed E-state index contributed by atoms with van der Waals surface area (Å²) in [5, 5.41) is 6.55. The van der Waals surface area contributed by atoms with Crippen LogP contribution in [-0.2, 0) is 6.61 Å². The maximum absolute atomic E-state index is 12.3. The lowest BCUT2D eigenvalue weighted by atomic mass is 10.1.